The van der Waals surface area contributed by atoms with E-state index in [1.165, 1.54) is 12.8 Å². The number of Topliss-reactive ketones (excluding diaryl/α,β-unsaturated/α-hetero) is 1. The summed E-state index contributed by atoms with van der Waals surface area (Å²) in [4.78, 5) is 43.2. The molecule has 0 amide bonds. The van der Waals surface area contributed by atoms with E-state index >= 15 is 0 Å². The Morgan fingerprint density at radius 1 is 1.02 bits per heavy atom. The number of aliphatic carboxylic acids is 1. The molecule has 5 aliphatic rings. The van der Waals surface area contributed by atoms with Gasteiger partial charge in [-0.2, -0.15) is 0 Å². The molecule has 6 rings (SSSR count). The van der Waals surface area contributed by atoms with Crippen molar-refractivity contribution < 1.29 is 24.2 Å². The van der Waals surface area contributed by atoms with E-state index in [0.29, 0.717) is 30.0 Å². The molecule has 2 N–H and O–H groups in total. The lowest BCUT2D eigenvalue weighted by atomic mass is 9.33. The molecular weight excluding hydrogens is 633 g/mol. The Hall–Kier alpha value is -2.06. The molecule has 8 heteroatoms. The zero-order valence-corrected chi connectivity index (χ0v) is 32.5. The van der Waals surface area contributed by atoms with E-state index in [0.717, 1.165) is 69.3 Å². The molecule has 2 unspecified atom stereocenters. The Morgan fingerprint density at radius 3 is 2.41 bits per heavy atom. The number of ketones is 1. The number of carboxylic acid groups (broad SMARTS) is 1. The molecule has 1 aromatic heterocycles. The first-order valence-corrected chi connectivity index (χ1v) is 20.1. The molecule has 0 radical (unpaired) electrons. The van der Waals surface area contributed by atoms with Crippen LogP contribution in [0.2, 0.25) is 0 Å². The molecule has 1 heterocycles. The Morgan fingerprint density at radius 2 is 1.76 bits per heavy atom. The van der Waals surface area contributed by atoms with E-state index in [1.54, 1.807) is 30.8 Å². The first-order chi connectivity index (χ1) is 22.8. The number of nitrogens with zero attached hydrogens (tertiary/aromatic N) is 1. The summed E-state index contributed by atoms with van der Waals surface area (Å²) in [5, 5.41) is 15.4. The predicted molar refractivity (Wildman–Crippen MR) is 194 cm³/mol. The zero-order valence-electron chi connectivity index (χ0n) is 31.7. The van der Waals surface area contributed by atoms with Crippen LogP contribution in [0.4, 0.5) is 0 Å². The Balaban J connectivity index is 1.25. The second-order valence-corrected chi connectivity index (χ2v) is 19.8. The van der Waals surface area contributed by atoms with E-state index in [1.807, 2.05) is 5.51 Å². The number of nitrogens with one attached hydrogen (secondary N) is 1. The summed E-state index contributed by atoms with van der Waals surface area (Å²) < 4.78 is 6.17. The predicted octanol–water partition coefficient (Wildman–Crippen LogP) is 9.02. The van der Waals surface area contributed by atoms with Gasteiger partial charge < -0.3 is 15.2 Å². The van der Waals surface area contributed by atoms with Gasteiger partial charge in [0, 0.05) is 29.2 Å². The lowest BCUT2D eigenvalue weighted by Gasteiger charge is -2.72. The first kappa shape index (κ1) is 36.7. The van der Waals surface area contributed by atoms with Crippen molar-refractivity contribution in [2.24, 2.45) is 56.2 Å². The van der Waals surface area contributed by atoms with E-state index in [2.05, 4.69) is 64.1 Å². The van der Waals surface area contributed by atoms with Gasteiger partial charge in [0.1, 0.15) is 6.10 Å². The average Bonchev–Trinajstić information content (AvgIpc) is 3.62. The highest BCUT2D eigenvalue weighted by atomic mass is 32.1. The highest BCUT2D eigenvalue weighted by Gasteiger charge is 2.70. The SMILES string of the molecule is CC(C)C1=C2[C@H]3CCC4[C@@]5(C)CC[C@H](OC(=O)CC(C)(C)C(=O)O)C(C)(C)C5CC[C@@]4(C)[C@]3(C)CC[C@@]2(CCNCc2cscn2)CC1=O. The van der Waals surface area contributed by atoms with Crippen LogP contribution in [0, 0.1) is 56.2 Å². The fourth-order valence-corrected chi connectivity index (χ4v) is 13.3. The molecular formula is C41H62N2O5S. The van der Waals surface area contributed by atoms with Crippen molar-refractivity contribution in [2.75, 3.05) is 6.54 Å². The second-order valence-electron chi connectivity index (χ2n) is 19.1. The molecule has 7 nitrogen and oxygen atoms in total. The first-order valence-electron chi connectivity index (χ1n) is 19.1. The van der Waals surface area contributed by atoms with Crippen molar-refractivity contribution in [3.05, 3.63) is 27.7 Å². The van der Waals surface area contributed by atoms with Crippen molar-refractivity contribution >= 4 is 29.1 Å². The van der Waals surface area contributed by atoms with E-state index in [-0.39, 0.29) is 45.5 Å². The molecule has 49 heavy (non-hydrogen) atoms. The van der Waals surface area contributed by atoms with E-state index < -0.39 is 17.4 Å². The van der Waals surface area contributed by atoms with Gasteiger partial charge in [-0.1, -0.05) is 54.0 Å². The van der Waals surface area contributed by atoms with Crippen LogP contribution in [0.15, 0.2) is 22.0 Å². The zero-order chi connectivity index (χ0) is 35.8. The minimum atomic E-state index is -1.14. The standard InChI is InChI=1S/C41H62N2O5S/c1-25(2)33-28(44)20-41(18-19-42-22-26-23-49-24-43-26)17-16-39(8)27(34(33)41)10-11-30-38(7)14-13-31(48-32(45)21-36(3,4)35(46)47)37(5,6)29(38)12-15-40(30,39)9/h23-25,27,29-31,42H,10-22H2,1-9H3,(H,46,47)/t27-,29?,30?,31+,38+,39-,40-,41-/m1/s1. The van der Waals surface area contributed by atoms with Crippen LogP contribution in [0.25, 0.3) is 0 Å². The number of fused-ring (bicyclic) bond motifs is 7. The molecule has 5 aliphatic carbocycles. The average molecular weight is 695 g/mol. The Bertz CT molecular complexity index is 1500. The van der Waals surface area contributed by atoms with Gasteiger partial charge in [0.25, 0.3) is 0 Å². The molecule has 1 aromatic rings. The van der Waals surface area contributed by atoms with Crippen LogP contribution in [-0.4, -0.2) is 40.5 Å². The molecule has 0 bridgehead atoms. The molecule has 0 saturated heterocycles. The fourth-order valence-electron chi connectivity index (χ4n) is 12.7. The highest BCUT2D eigenvalue weighted by molar-refractivity contribution is 7.07. The molecule has 8 atom stereocenters. The van der Waals surface area contributed by atoms with Crippen LogP contribution in [0.1, 0.15) is 139 Å². The number of carbonyl (C=O) groups excluding carboxylic acids is 2. The number of aromatic nitrogens is 1. The van der Waals surface area contributed by atoms with Crippen molar-refractivity contribution in [1.82, 2.24) is 10.3 Å². The smallest absolute Gasteiger partial charge is 0.309 e. The maximum absolute atomic E-state index is 13.9. The third kappa shape index (κ3) is 5.77. The number of hydrogen-bond donors (Lipinski definition) is 2. The third-order valence-corrected chi connectivity index (χ3v) is 16.2. The number of allylic oxidation sites excluding steroid dienone is 2. The fraction of sp³-hybridized carbons (Fsp3) is 0.805. The van der Waals surface area contributed by atoms with Crippen LogP contribution >= 0.6 is 11.3 Å². The Labute approximate surface area is 298 Å². The van der Waals surface area contributed by atoms with E-state index in [4.69, 9.17) is 4.74 Å². The summed E-state index contributed by atoms with van der Waals surface area (Å²) in [7, 11) is 0. The minimum absolute atomic E-state index is 0.0284. The minimum Gasteiger partial charge on any atom is -0.481 e. The number of esters is 1. The second kappa shape index (κ2) is 12.6. The largest absolute Gasteiger partial charge is 0.481 e. The highest BCUT2D eigenvalue weighted by Crippen LogP contribution is 2.77. The maximum Gasteiger partial charge on any atom is 0.309 e. The van der Waals surface area contributed by atoms with Crippen molar-refractivity contribution in [2.45, 2.75) is 146 Å². The number of hydrogen-bond acceptors (Lipinski definition) is 7. The van der Waals surface area contributed by atoms with Crippen molar-refractivity contribution in [3.63, 3.8) is 0 Å². The van der Waals surface area contributed by atoms with Crippen LogP contribution in [0.3, 0.4) is 0 Å². The summed E-state index contributed by atoms with van der Waals surface area (Å²) in [6, 6.07) is 0. The van der Waals surface area contributed by atoms with Gasteiger partial charge in [0.2, 0.25) is 0 Å². The third-order valence-electron chi connectivity index (χ3n) is 15.5. The number of carbonyl (C=O) groups is 3. The van der Waals surface area contributed by atoms with Crippen LogP contribution in [0.5, 0.6) is 0 Å². The molecule has 0 spiro atoms. The summed E-state index contributed by atoms with van der Waals surface area (Å²) in [6.07, 6.45) is 10.1. The lowest BCUT2D eigenvalue weighted by molar-refractivity contribution is -0.233. The van der Waals surface area contributed by atoms with Gasteiger partial charge in [-0.25, -0.2) is 4.98 Å². The van der Waals surface area contributed by atoms with Crippen LogP contribution < -0.4 is 5.32 Å². The summed E-state index contributed by atoms with van der Waals surface area (Å²) in [5.41, 5.74) is 4.72. The summed E-state index contributed by atoms with van der Waals surface area (Å²) in [6.45, 7) is 21.7. The monoisotopic (exact) mass is 694 g/mol. The summed E-state index contributed by atoms with van der Waals surface area (Å²) >= 11 is 1.63. The van der Waals surface area contributed by atoms with Gasteiger partial charge in [0.05, 0.1) is 23.0 Å². The van der Waals surface area contributed by atoms with E-state index in [9.17, 15) is 19.5 Å². The molecule has 4 fully saturated rings. The summed E-state index contributed by atoms with van der Waals surface area (Å²) in [5.74, 6) is 0.695. The molecule has 4 saturated carbocycles. The number of thiazole rings is 1. The number of rotatable bonds is 10. The molecule has 0 aliphatic heterocycles. The quantitative estimate of drug-likeness (QED) is 0.186. The van der Waals surface area contributed by atoms with Gasteiger partial charge >= 0.3 is 11.9 Å². The molecule has 272 valence electrons. The van der Waals surface area contributed by atoms with Crippen molar-refractivity contribution in [1.29, 1.82) is 0 Å². The van der Waals surface area contributed by atoms with Gasteiger partial charge in [-0.05, 0) is 124 Å². The molecule has 0 aromatic carbocycles. The number of carboxylic acids is 1. The lowest BCUT2D eigenvalue weighted by Crippen LogP contribution is -2.65. The van der Waals surface area contributed by atoms with Crippen LogP contribution in [-0.2, 0) is 25.7 Å². The topological polar surface area (TPSA) is 106 Å². The number of ether oxygens (including phenoxy) is 1. The maximum atomic E-state index is 13.9. The van der Waals surface area contributed by atoms with Crippen molar-refractivity contribution in [3.8, 4) is 0 Å². The van der Waals surface area contributed by atoms with Gasteiger partial charge in [-0.3, -0.25) is 14.4 Å². The Kier molecular flexibility index (Phi) is 9.41. The van der Waals surface area contributed by atoms with Gasteiger partial charge in [0.15, 0.2) is 5.78 Å². The normalized spacial score (nSPS) is 38.4. The van der Waals surface area contributed by atoms with Gasteiger partial charge in [-0.15, -0.1) is 11.3 Å².